The smallest absolute Gasteiger partial charge is 0.410 e. The number of hydrogen-bond acceptors (Lipinski definition) is 4. The summed E-state index contributed by atoms with van der Waals surface area (Å²) in [6.07, 6.45) is 0.0583. The quantitative estimate of drug-likeness (QED) is 0.766. The predicted octanol–water partition coefficient (Wildman–Crippen LogP) is 4.65. The van der Waals surface area contributed by atoms with Crippen LogP contribution in [0, 0.1) is 0 Å². The average molecular weight is 356 g/mol. The highest BCUT2D eigenvalue weighted by atomic mass is 16.6. The Balaban J connectivity index is 2.08. The number of carbonyl (C=O) groups excluding carboxylic acids is 1. The fraction of sp³-hybridized carbons (Fsp3) is 0.381. The maximum Gasteiger partial charge on any atom is 0.410 e. The van der Waals surface area contributed by atoms with Gasteiger partial charge >= 0.3 is 6.09 Å². The molecule has 0 fully saturated rings. The number of carbonyl (C=O) groups is 1. The highest BCUT2D eigenvalue weighted by Gasteiger charge is 2.21. The Morgan fingerprint density at radius 3 is 2.31 bits per heavy atom. The number of benzene rings is 2. The SMILES string of the molecule is CN(CCC(Oc1ccccc1N)c1ccccc1)C(=O)OC(C)(C)C. The van der Waals surface area contributed by atoms with Crippen LogP contribution in [0.1, 0.15) is 38.9 Å². The first-order valence-electron chi connectivity index (χ1n) is 8.76. The molecule has 2 aromatic rings. The molecule has 0 aliphatic carbocycles. The number of ether oxygens (including phenoxy) is 2. The maximum atomic E-state index is 12.2. The second-order valence-corrected chi connectivity index (χ2v) is 7.25. The summed E-state index contributed by atoms with van der Waals surface area (Å²) in [6.45, 7) is 6.06. The standard InChI is InChI=1S/C21H28N2O3/c1-21(2,3)26-20(24)23(4)15-14-18(16-10-6-5-7-11-16)25-19-13-9-8-12-17(19)22/h5-13,18H,14-15,22H2,1-4H3. The summed E-state index contributed by atoms with van der Waals surface area (Å²) in [5.41, 5.74) is 7.12. The van der Waals surface area contributed by atoms with Gasteiger partial charge < -0.3 is 20.1 Å². The largest absolute Gasteiger partial charge is 0.484 e. The van der Waals surface area contributed by atoms with Crippen LogP contribution in [-0.2, 0) is 4.74 Å². The lowest BCUT2D eigenvalue weighted by molar-refractivity contribution is 0.0278. The highest BCUT2D eigenvalue weighted by Crippen LogP contribution is 2.29. The molecule has 0 spiro atoms. The van der Waals surface area contributed by atoms with Crippen molar-refractivity contribution < 1.29 is 14.3 Å². The third-order valence-electron chi connectivity index (χ3n) is 3.79. The summed E-state index contributed by atoms with van der Waals surface area (Å²) in [6, 6.07) is 17.3. The van der Waals surface area contributed by atoms with E-state index in [1.807, 2.05) is 75.4 Å². The van der Waals surface area contributed by atoms with Gasteiger partial charge in [0, 0.05) is 20.0 Å². The van der Waals surface area contributed by atoms with Crippen molar-refractivity contribution in [3.63, 3.8) is 0 Å². The summed E-state index contributed by atoms with van der Waals surface area (Å²) in [5, 5.41) is 0. The van der Waals surface area contributed by atoms with Crippen LogP contribution in [0.15, 0.2) is 54.6 Å². The summed E-state index contributed by atoms with van der Waals surface area (Å²) in [5.74, 6) is 0.640. The normalized spacial score (nSPS) is 12.3. The molecular weight excluding hydrogens is 328 g/mol. The van der Waals surface area contributed by atoms with E-state index in [0.717, 1.165) is 5.56 Å². The summed E-state index contributed by atoms with van der Waals surface area (Å²) < 4.78 is 11.6. The molecule has 1 amide bonds. The van der Waals surface area contributed by atoms with Crippen LogP contribution in [0.3, 0.4) is 0 Å². The Morgan fingerprint density at radius 1 is 1.08 bits per heavy atom. The lowest BCUT2D eigenvalue weighted by Crippen LogP contribution is -2.35. The first-order valence-corrected chi connectivity index (χ1v) is 8.76. The van der Waals surface area contributed by atoms with E-state index in [2.05, 4.69) is 0 Å². The van der Waals surface area contributed by atoms with Crippen LogP contribution in [0.2, 0.25) is 0 Å². The fourth-order valence-corrected chi connectivity index (χ4v) is 2.44. The molecule has 0 bridgehead atoms. The lowest BCUT2D eigenvalue weighted by Gasteiger charge is -2.26. The monoisotopic (exact) mass is 356 g/mol. The van der Waals surface area contributed by atoms with Crippen LogP contribution in [-0.4, -0.2) is 30.2 Å². The van der Waals surface area contributed by atoms with Crippen molar-refractivity contribution in [1.82, 2.24) is 4.90 Å². The van der Waals surface area contributed by atoms with Crippen molar-refractivity contribution >= 4 is 11.8 Å². The molecule has 0 aliphatic heterocycles. The van der Waals surface area contributed by atoms with Crippen molar-refractivity contribution in [2.45, 2.75) is 38.9 Å². The van der Waals surface area contributed by atoms with E-state index in [-0.39, 0.29) is 12.2 Å². The number of amides is 1. The Labute approximate surface area is 155 Å². The van der Waals surface area contributed by atoms with Crippen LogP contribution in [0.25, 0.3) is 0 Å². The molecule has 1 unspecified atom stereocenters. The van der Waals surface area contributed by atoms with E-state index in [4.69, 9.17) is 15.2 Å². The van der Waals surface area contributed by atoms with Gasteiger partial charge in [0.05, 0.1) is 5.69 Å². The van der Waals surface area contributed by atoms with E-state index >= 15 is 0 Å². The van der Waals surface area contributed by atoms with Gasteiger partial charge in [-0.05, 0) is 38.5 Å². The first-order chi connectivity index (χ1) is 12.3. The fourth-order valence-electron chi connectivity index (χ4n) is 2.44. The number of nitrogens with two attached hydrogens (primary N) is 1. The third-order valence-corrected chi connectivity index (χ3v) is 3.79. The second-order valence-electron chi connectivity index (χ2n) is 7.25. The molecule has 2 rings (SSSR count). The van der Waals surface area contributed by atoms with Gasteiger partial charge in [0.25, 0.3) is 0 Å². The number of rotatable bonds is 6. The molecule has 1 atom stereocenters. The minimum atomic E-state index is -0.515. The highest BCUT2D eigenvalue weighted by molar-refractivity contribution is 5.67. The minimum Gasteiger partial charge on any atom is -0.484 e. The van der Waals surface area contributed by atoms with Gasteiger partial charge in [-0.15, -0.1) is 0 Å². The zero-order valence-corrected chi connectivity index (χ0v) is 15.9. The predicted molar refractivity (Wildman–Crippen MR) is 104 cm³/mol. The summed E-state index contributed by atoms with van der Waals surface area (Å²) in [4.78, 5) is 13.7. The van der Waals surface area contributed by atoms with Gasteiger partial charge in [-0.2, -0.15) is 0 Å². The van der Waals surface area contributed by atoms with Gasteiger partial charge in [-0.3, -0.25) is 0 Å². The minimum absolute atomic E-state index is 0.217. The van der Waals surface area contributed by atoms with Gasteiger partial charge in [0.15, 0.2) is 0 Å². The Kier molecular flexibility index (Phi) is 6.50. The molecule has 5 nitrogen and oxygen atoms in total. The summed E-state index contributed by atoms with van der Waals surface area (Å²) in [7, 11) is 1.73. The van der Waals surface area contributed by atoms with Gasteiger partial charge in [0.1, 0.15) is 17.5 Å². The molecule has 0 aromatic heterocycles. The summed E-state index contributed by atoms with van der Waals surface area (Å²) >= 11 is 0. The molecule has 0 saturated heterocycles. The molecule has 0 heterocycles. The lowest BCUT2D eigenvalue weighted by atomic mass is 10.1. The van der Waals surface area contributed by atoms with Crippen LogP contribution < -0.4 is 10.5 Å². The molecule has 0 aliphatic rings. The second kappa shape index (κ2) is 8.61. The Morgan fingerprint density at radius 2 is 1.69 bits per heavy atom. The van der Waals surface area contributed by atoms with Crippen molar-refractivity contribution in [1.29, 1.82) is 0 Å². The van der Waals surface area contributed by atoms with Crippen molar-refractivity contribution in [2.75, 3.05) is 19.3 Å². The Hall–Kier alpha value is -2.69. The van der Waals surface area contributed by atoms with E-state index in [0.29, 0.717) is 24.4 Å². The van der Waals surface area contributed by atoms with Gasteiger partial charge in [0.2, 0.25) is 0 Å². The molecule has 2 aromatic carbocycles. The molecule has 26 heavy (non-hydrogen) atoms. The molecule has 0 radical (unpaired) electrons. The first kappa shape index (κ1) is 19.6. The van der Waals surface area contributed by atoms with E-state index in [9.17, 15) is 4.79 Å². The maximum absolute atomic E-state index is 12.2. The van der Waals surface area contributed by atoms with Gasteiger partial charge in [-0.25, -0.2) is 4.79 Å². The molecule has 2 N–H and O–H groups in total. The molecular formula is C21H28N2O3. The number of hydrogen-bond donors (Lipinski definition) is 1. The van der Waals surface area contributed by atoms with E-state index in [1.54, 1.807) is 11.9 Å². The Bertz CT molecular complexity index is 711. The average Bonchev–Trinajstić information content (AvgIpc) is 2.59. The van der Waals surface area contributed by atoms with Gasteiger partial charge in [-0.1, -0.05) is 42.5 Å². The number of nitrogens with zero attached hydrogens (tertiary/aromatic N) is 1. The van der Waals surface area contributed by atoms with Crippen molar-refractivity contribution in [2.24, 2.45) is 0 Å². The van der Waals surface area contributed by atoms with Crippen LogP contribution in [0.5, 0.6) is 5.75 Å². The van der Waals surface area contributed by atoms with E-state index in [1.165, 1.54) is 0 Å². The third kappa shape index (κ3) is 5.99. The van der Waals surface area contributed by atoms with Crippen LogP contribution in [0.4, 0.5) is 10.5 Å². The zero-order valence-electron chi connectivity index (χ0n) is 15.9. The number of para-hydroxylation sites is 2. The number of anilines is 1. The zero-order chi connectivity index (χ0) is 19.2. The molecule has 0 saturated carbocycles. The van der Waals surface area contributed by atoms with E-state index < -0.39 is 5.60 Å². The molecule has 5 heteroatoms. The number of nitrogen functional groups attached to an aromatic ring is 1. The topological polar surface area (TPSA) is 64.8 Å². The van der Waals surface area contributed by atoms with Crippen molar-refractivity contribution in [3.8, 4) is 5.75 Å². The van der Waals surface area contributed by atoms with Crippen LogP contribution >= 0.6 is 0 Å². The van der Waals surface area contributed by atoms with Crippen molar-refractivity contribution in [3.05, 3.63) is 60.2 Å². The molecule has 140 valence electrons.